The molecule has 0 radical (unpaired) electrons. The molecule has 0 bridgehead atoms. The molecule has 4 rings (SSSR count). The summed E-state index contributed by atoms with van der Waals surface area (Å²) in [5.74, 6) is 1.88. The first-order chi connectivity index (χ1) is 13.6. The van der Waals surface area contributed by atoms with Crippen LogP contribution in [0.1, 0.15) is 44.7 Å². The lowest BCUT2D eigenvalue weighted by atomic mass is 9.79. The minimum absolute atomic E-state index is 0.403. The summed E-state index contributed by atoms with van der Waals surface area (Å²) < 4.78 is 7.86. The van der Waals surface area contributed by atoms with Crippen LogP contribution in [-0.4, -0.2) is 20.0 Å². The Bertz CT molecular complexity index is 1020. The average Bonchev–Trinajstić information content (AvgIpc) is 3.32. The van der Waals surface area contributed by atoms with Crippen molar-refractivity contribution in [2.45, 2.75) is 33.1 Å². The van der Waals surface area contributed by atoms with Crippen molar-refractivity contribution in [3.05, 3.63) is 66.3 Å². The van der Waals surface area contributed by atoms with Gasteiger partial charge in [-0.3, -0.25) is 4.68 Å². The van der Waals surface area contributed by atoms with E-state index < -0.39 is 0 Å². The summed E-state index contributed by atoms with van der Waals surface area (Å²) in [6.07, 6.45) is 16.0. The van der Waals surface area contributed by atoms with Gasteiger partial charge in [0.25, 0.3) is 5.89 Å². The molecule has 28 heavy (non-hydrogen) atoms. The third kappa shape index (κ3) is 3.44. The summed E-state index contributed by atoms with van der Waals surface area (Å²) in [6.45, 7) is 8.25. The highest BCUT2D eigenvalue weighted by molar-refractivity contribution is 5.75. The Morgan fingerprint density at radius 2 is 2.07 bits per heavy atom. The van der Waals surface area contributed by atoms with E-state index in [-0.39, 0.29) is 0 Å². The van der Waals surface area contributed by atoms with Gasteiger partial charge in [-0.25, -0.2) is 0 Å². The van der Waals surface area contributed by atoms with Crippen molar-refractivity contribution in [2.75, 3.05) is 0 Å². The number of nitrogens with zero attached hydrogens (tertiary/aromatic N) is 4. The van der Waals surface area contributed by atoms with E-state index in [9.17, 15) is 0 Å². The molecule has 5 nitrogen and oxygen atoms in total. The molecule has 0 aromatic carbocycles. The molecular weight excluding hydrogens is 348 g/mol. The third-order valence-electron chi connectivity index (χ3n) is 5.53. The topological polar surface area (TPSA) is 56.7 Å². The number of hydrogen-bond acceptors (Lipinski definition) is 4. The van der Waals surface area contributed by atoms with Crippen LogP contribution in [0.15, 0.2) is 59.1 Å². The molecule has 0 fully saturated rings. The normalized spacial score (nSPS) is 21.9. The van der Waals surface area contributed by atoms with Crippen LogP contribution in [0.25, 0.3) is 22.7 Å². The Morgan fingerprint density at radius 3 is 2.79 bits per heavy atom. The second-order valence-electron chi connectivity index (χ2n) is 7.59. The van der Waals surface area contributed by atoms with E-state index in [4.69, 9.17) is 4.42 Å². The van der Waals surface area contributed by atoms with Crippen LogP contribution in [0.5, 0.6) is 0 Å². The van der Waals surface area contributed by atoms with Gasteiger partial charge >= 0.3 is 0 Å². The first-order valence-electron chi connectivity index (χ1n) is 9.83. The molecule has 2 aromatic rings. The van der Waals surface area contributed by atoms with Gasteiger partial charge in [0.2, 0.25) is 5.89 Å². The van der Waals surface area contributed by atoms with E-state index in [1.807, 2.05) is 23.9 Å². The first kappa shape index (κ1) is 18.4. The lowest BCUT2D eigenvalue weighted by Crippen LogP contribution is -2.14. The lowest BCUT2D eigenvalue weighted by molar-refractivity contribution is 0.483. The van der Waals surface area contributed by atoms with Crippen LogP contribution in [0, 0.1) is 11.8 Å². The number of rotatable bonds is 5. The highest BCUT2D eigenvalue weighted by Crippen LogP contribution is 2.35. The first-order valence-corrected chi connectivity index (χ1v) is 9.83. The Hall–Kier alpha value is -2.95. The van der Waals surface area contributed by atoms with E-state index >= 15 is 0 Å². The Morgan fingerprint density at radius 1 is 1.25 bits per heavy atom. The van der Waals surface area contributed by atoms with E-state index in [2.05, 4.69) is 66.1 Å². The average molecular weight is 374 g/mol. The summed E-state index contributed by atoms with van der Waals surface area (Å²) in [5.41, 5.74) is 5.24. The largest absolute Gasteiger partial charge is 0.415 e. The Kier molecular flexibility index (Phi) is 4.99. The molecule has 2 aliphatic rings. The van der Waals surface area contributed by atoms with Gasteiger partial charge in [-0.2, -0.15) is 5.10 Å². The van der Waals surface area contributed by atoms with Crippen molar-refractivity contribution in [3.63, 3.8) is 0 Å². The van der Waals surface area contributed by atoms with Crippen LogP contribution in [0.3, 0.4) is 0 Å². The Balaban J connectivity index is 1.61. The third-order valence-corrected chi connectivity index (χ3v) is 5.53. The van der Waals surface area contributed by atoms with Gasteiger partial charge in [0.1, 0.15) is 5.69 Å². The molecule has 2 aromatic heterocycles. The maximum atomic E-state index is 5.99. The maximum absolute atomic E-state index is 5.99. The molecule has 5 heteroatoms. The van der Waals surface area contributed by atoms with Crippen LogP contribution >= 0.6 is 0 Å². The van der Waals surface area contributed by atoms with Gasteiger partial charge in [-0.05, 0) is 49.7 Å². The molecule has 0 N–H and O–H groups in total. The molecule has 0 saturated carbocycles. The van der Waals surface area contributed by atoms with Gasteiger partial charge in [0, 0.05) is 12.6 Å². The fourth-order valence-corrected chi connectivity index (χ4v) is 4.02. The molecular formula is C23H26N4O. The summed E-state index contributed by atoms with van der Waals surface area (Å²) >= 11 is 0. The van der Waals surface area contributed by atoms with E-state index in [1.54, 1.807) is 0 Å². The van der Waals surface area contributed by atoms with E-state index in [1.165, 1.54) is 11.1 Å². The van der Waals surface area contributed by atoms with Crippen molar-refractivity contribution in [2.24, 2.45) is 18.9 Å². The van der Waals surface area contributed by atoms with Gasteiger partial charge in [-0.15, -0.1) is 16.8 Å². The van der Waals surface area contributed by atoms with Crippen molar-refractivity contribution < 1.29 is 4.42 Å². The smallest absolute Gasteiger partial charge is 0.268 e. The summed E-state index contributed by atoms with van der Waals surface area (Å²) in [7, 11) is 1.94. The number of aryl methyl sites for hydroxylation is 1. The SMILES string of the molecule is C=CCC1C(C)=CC(c2nnc(-c3cc(C4=CCCC=C4)n(C)n3)o2)=CC1C. The fourth-order valence-electron chi connectivity index (χ4n) is 4.02. The zero-order valence-corrected chi connectivity index (χ0v) is 16.7. The standard InChI is InChI=1S/C23H26N4O/c1-5-9-19-15(2)12-18(13-16(19)3)22-24-25-23(28-22)20-14-21(27(4)26-20)17-10-7-6-8-11-17/h5,7,10-15,19H,1,6,8-9H2,2-4H3. The maximum Gasteiger partial charge on any atom is 0.268 e. The zero-order valence-electron chi connectivity index (χ0n) is 16.7. The van der Waals surface area contributed by atoms with Gasteiger partial charge < -0.3 is 4.42 Å². The van der Waals surface area contributed by atoms with E-state index in [0.717, 1.165) is 30.5 Å². The summed E-state index contributed by atoms with van der Waals surface area (Å²) in [4.78, 5) is 0. The van der Waals surface area contributed by atoms with Crippen LogP contribution < -0.4 is 0 Å². The zero-order chi connectivity index (χ0) is 19.7. The Labute approximate surface area is 165 Å². The van der Waals surface area contributed by atoms with Gasteiger partial charge in [0.05, 0.1) is 5.69 Å². The van der Waals surface area contributed by atoms with E-state index in [0.29, 0.717) is 29.3 Å². The predicted molar refractivity (Wildman–Crippen MR) is 112 cm³/mol. The predicted octanol–water partition coefficient (Wildman–Crippen LogP) is 5.38. The van der Waals surface area contributed by atoms with Crippen molar-refractivity contribution in [1.29, 1.82) is 0 Å². The number of allylic oxidation sites excluding steroid dienone is 9. The van der Waals surface area contributed by atoms with Crippen molar-refractivity contribution >= 4 is 11.1 Å². The second-order valence-corrected chi connectivity index (χ2v) is 7.59. The highest BCUT2D eigenvalue weighted by atomic mass is 16.4. The molecule has 2 aliphatic carbocycles. The van der Waals surface area contributed by atoms with Crippen molar-refractivity contribution in [1.82, 2.24) is 20.0 Å². The monoisotopic (exact) mass is 374 g/mol. The van der Waals surface area contributed by atoms with Gasteiger partial charge in [0.15, 0.2) is 0 Å². The minimum atomic E-state index is 0.403. The van der Waals surface area contributed by atoms with Crippen molar-refractivity contribution in [3.8, 4) is 11.6 Å². The van der Waals surface area contributed by atoms with Crippen LogP contribution in [0.2, 0.25) is 0 Å². The molecule has 0 amide bonds. The quantitative estimate of drug-likeness (QED) is 0.660. The fraction of sp³-hybridized carbons (Fsp3) is 0.348. The summed E-state index contributed by atoms with van der Waals surface area (Å²) in [5, 5.41) is 13.1. The molecule has 0 spiro atoms. The lowest BCUT2D eigenvalue weighted by Gasteiger charge is -2.25. The van der Waals surface area contributed by atoms with Gasteiger partial charge in [-0.1, -0.05) is 49.0 Å². The minimum Gasteiger partial charge on any atom is -0.415 e. The summed E-state index contributed by atoms with van der Waals surface area (Å²) in [6, 6.07) is 2.01. The molecule has 144 valence electrons. The molecule has 0 saturated heterocycles. The second kappa shape index (κ2) is 7.58. The number of hydrogen-bond donors (Lipinski definition) is 0. The highest BCUT2D eigenvalue weighted by Gasteiger charge is 2.24. The molecule has 0 aliphatic heterocycles. The molecule has 2 heterocycles. The van der Waals surface area contributed by atoms with Crippen LogP contribution in [-0.2, 0) is 7.05 Å². The van der Waals surface area contributed by atoms with Crippen LogP contribution in [0.4, 0.5) is 0 Å². The molecule has 2 unspecified atom stereocenters. The molecule has 2 atom stereocenters. The number of aromatic nitrogens is 4.